The number of carbonyl (C=O) groups excluding carboxylic acids is 1. The molecule has 2 aromatic carbocycles. The SMILES string of the molecule is O=C(NCc1c[nH]c2ccccc12)c1cc2ccccc2oc1=O. The number of fused-ring (bicyclic) bond motifs is 2. The first-order chi connectivity index (χ1) is 11.7. The molecule has 0 aliphatic heterocycles. The third-order valence-electron chi connectivity index (χ3n) is 4.00. The Morgan fingerprint density at radius 1 is 1.08 bits per heavy atom. The summed E-state index contributed by atoms with van der Waals surface area (Å²) in [6.07, 6.45) is 1.85. The predicted octanol–water partition coefficient (Wildman–Crippen LogP) is 3.20. The van der Waals surface area contributed by atoms with Crippen LogP contribution in [0, 0.1) is 0 Å². The molecule has 2 aromatic heterocycles. The van der Waals surface area contributed by atoms with E-state index in [4.69, 9.17) is 4.42 Å². The average Bonchev–Trinajstić information content (AvgIpc) is 3.02. The lowest BCUT2D eigenvalue weighted by Gasteiger charge is -2.05. The molecule has 0 unspecified atom stereocenters. The highest BCUT2D eigenvalue weighted by Gasteiger charge is 2.14. The van der Waals surface area contributed by atoms with Gasteiger partial charge in [0, 0.05) is 29.0 Å². The van der Waals surface area contributed by atoms with E-state index in [1.54, 1.807) is 24.3 Å². The summed E-state index contributed by atoms with van der Waals surface area (Å²) >= 11 is 0. The Labute approximate surface area is 136 Å². The third-order valence-corrected chi connectivity index (χ3v) is 4.00. The van der Waals surface area contributed by atoms with Gasteiger partial charge in [0.05, 0.1) is 0 Å². The molecular weight excluding hydrogens is 304 g/mol. The maximum absolute atomic E-state index is 12.4. The van der Waals surface area contributed by atoms with E-state index in [0.29, 0.717) is 17.5 Å². The topological polar surface area (TPSA) is 75.1 Å². The van der Waals surface area contributed by atoms with Crippen molar-refractivity contribution in [3.05, 3.63) is 82.3 Å². The monoisotopic (exact) mass is 318 g/mol. The zero-order chi connectivity index (χ0) is 16.5. The van der Waals surface area contributed by atoms with Crippen LogP contribution in [0.25, 0.3) is 21.9 Å². The van der Waals surface area contributed by atoms with Crippen LogP contribution in [0.15, 0.2) is 70.0 Å². The molecule has 1 amide bonds. The quantitative estimate of drug-likeness (QED) is 0.570. The van der Waals surface area contributed by atoms with Gasteiger partial charge in [-0.05, 0) is 23.8 Å². The second kappa shape index (κ2) is 5.70. The van der Waals surface area contributed by atoms with Gasteiger partial charge >= 0.3 is 5.63 Å². The fourth-order valence-corrected chi connectivity index (χ4v) is 2.77. The molecule has 4 aromatic rings. The standard InChI is InChI=1S/C19H14N2O3/c22-18(15-9-12-5-1-4-8-17(12)24-19(15)23)21-11-13-10-20-16-7-3-2-6-14(13)16/h1-10,20H,11H2,(H,21,22). The fraction of sp³-hybridized carbons (Fsp3) is 0.0526. The van der Waals surface area contributed by atoms with Crippen molar-refractivity contribution < 1.29 is 9.21 Å². The molecule has 5 nitrogen and oxygen atoms in total. The number of hydrogen-bond donors (Lipinski definition) is 2. The molecule has 2 heterocycles. The normalized spacial score (nSPS) is 11.0. The summed E-state index contributed by atoms with van der Waals surface area (Å²) in [4.78, 5) is 27.5. The largest absolute Gasteiger partial charge is 0.422 e. The average molecular weight is 318 g/mol. The van der Waals surface area contributed by atoms with Crippen LogP contribution >= 0.6 is 0 Å². The zero-order valence-corrected chi connectivity index (χ0v) is 12.7. The molecule has 0 radical (unpaired) electrons. The molecule has 24 heavy (non-hydrogen) atoms. The van der Waals surface area contributed by atoms with Crippen LogP contribution in [0.1, 0.15) is 15.9 Å². The van der Waals surface area contributed by atoms with Crippen molar-refractivity contribution in [3.63, 3.8) is 0 Å². The molecule has 0 aliphatic rings. The zero-order valence-electron chi connectivity index (χ0n) is 12.7. The molecule has 0 fully saturated rings. The number of benzene rings is 2. The Morgan fingerprint density at radius 2 is 1.88 bits per heavy atom. The number of amides is 1. The first kappa shape index (κ1) is 14.3. The number of H-pyrrole nitrogens is 1. The van der Waals surface area contributed by atoms with E-state index in [1.807, 2.05) is 36.5 Å². The summed E-state index contributed by atoms with van der Waals surface area (Å²) in [6, 6.07) is 16.5. The second-order valence-electron chi connectivity index (χ2n) is 5.53. The molecule has 0 saturated heterocycles. The van der Waals surface area contributed by atoms with Gasteiger partial charge in [0.15, 0.2) is 0 Å². The first-order valence-electron chi connectivity index (χ1n) is 7.58. The summed E-state index contributed by atoms with van der Waals surface area (Å²) in [6.45, 7) is 0.328. The van der Waals surface area contributed by atoms with Crippen molar-refractivity contribution in [2.45, 2.75) is 6.54 Å². The predicted molar refractivity (Wildman–Crippen MR) is 92.0 cm³/mol. The number of nitrogens with one attached hydrogen (secondary N) is 2. The molecule has 0 aliphatic carbocycles. The van der Waals surface area contributed by atoms with Crippen LogP contribution in [0.2, 0.25) is 0 Å². The highest BCUT2D eigenvalue weighted by Crippen LogP contribution is 2.17. The molecule has 118 valence electrons. The summed E-state index contributed by atoms with van der Waals surface area (Å²) < 4.78 is 5.20. The summed E-state index contributed by atoms with van der Waals surface area (Å²) in [5.41, 5.74) is 1.81. The number of aromatic nitrogens is 1. The van der Waals surface area contributed by atoms with Crippen molar-refractivity contribution in [2.24, 2.45) is 0 Å². The van der Waals surface area contributed by atoms with Gasteiger partial charge in [0.2, 0.25) is 0 Å². The van der Waals surface area contributed by atoms with Gasteiger partial charge in [-0.2, -0.15) is 0 Å². The minimum Gasteiger partial charge on any atom is -0.422 e. The third kappa shape index (κ3) is 2.46. The van der Waals surface area contributed by atoms with E-state index in [-0.39, 0.29) is 5.56 Å². The van der Waals surface area contributed by atoms with E-state index in [1.165, 1.54) is 0 Å². The number of carbonyl (C=O) groups is 1. The summed E-state index contributed by atoms with van der Waals surface area (Å²) in [5.74, 6) is -0.445. The lowest BCUT2D eigenvalue weighted by atomic mass is 10.1. The number of para-hydroxylation sites is 2. The van der Waals surface area contributed by atoms with Crippen molar-refractivity contribution in [1.82, 2.24) is 10.3 Å². The first-order valence-corrected chi connectivity index (χ1v) is 7.58. The van der Waals surface area contributed by atoms with E-state index < -0.39 is 11.5 Å². The highest BCUT2D eigenvalue weighted by molar-refractivity contribution is 5.96. The van der Waals surface area contributed by atoms with Crippen LogP contribution in [0.4, 0.5) is 0 Å². The minimum atomic E-state index is -0.634. The molecule has 0 atom stereocenters. The Kier molecular flexibility index (Phi) is 3.39. The van der Waals surface area contributed by atoms with Gasteiger partial charge in [0.25, 0.3) is 5.91 Å². The number of aromatic amines is 1. The van der Waals surface area contributed by atoms with Gasteiger partial charge in [-0.1, -0.05) is 36.4 Å². The smallest absolute Gasteiger partial charge is 0.349 e. The van der Waals surface area contributed by atoms with E-state index in [2.05, 4.69) is 10.3 Å². The van der Waals surface area contributed by atoms with Gasteiger partial charge < -0.3 is 14.7 Å². The maximum Gasteiger partial charge on any atom is 0.349 e. The van der Waals surface area contributed by atoms with E-state index in [0.717, 1.165) is 16.5 Å². The van der Waals surface area contributed by atoms with Crippen molar-refractivity contribution in [3.8, 4) is 0 Å². The van der Waals surface area contributed by atoms with Crippen molar-refractivity contribution >= 4 is 27.8 Å². The van der Waals surface area contributed by atoms with Gasteiger partial charge in [-0.3, -0.25) is 4.79 Å². The maximum atomic E-state index is 12.4. The fourth-order valence-electron chi connectivity index (χ4n) is 2.77. The van der Waals surface area contributed by atoms with E-state index >= 15 is 0 Å². The minimum absolute atomic E-state index is 0.00791. The van der Waals surface area contributed by atoms with Gasteiger partial charge in [0.1, 0.15) is 11.1 Å². The highest BCUT2D eigenvalue weighted by atomic mass is 16.4. The Balaban J connectivity index is 1.60. The van der Waals surface area contributed by atoms with Crippen molar-refractivity contribution in [2.75, 3.05) is 0 Å². The van der Waals surface area contributed by atoms with Crippen LogP contribution in [-0.4, -0.2) is 10.9 Å². The molecule has 2 N–H and O–H groups in total. The molecule has 0 saturated carbocycles. The van der Waals surface area contributed by atoms with Crippen LogP contribution in [-0.2, 0) is 6.54 Å². The summed E-state index contributed by atoms with van der Waals surface area (Å²) in [5, 5.41) is 4.54. The Hall–Kier alpha value is -3.34. The number of rotatable bonds is 3. The van der Waals surface area contributed by atoms with Gasteiger partial charge in [-0.25, -0.2) is 4.79 Å². The van der Waals surface area contributed by atoms with Crippen molar-refractivity contribution in [1.29, 1.82) is 0 Å². The molecule has 0 bridgehead atoms. The Bertz CT molecular complexity index is 1110. The van der Waals surface area contributed by atoms with Crippen LogP contribution < -0.4 is 10.9 Å². The Morgan fingerprint density at radius 3 is 2.79 bits per heavy atom. The second-order valence-corrected chi connectivity index (χ2v) is 5.53. The lowest BCUT2D eigenvalue weighted by Crippen LogP contribution is -2.27. The van der Waals surface area contributed by atoms with Crippen LogP contribution in [0.3, 0.4) is 0 Å². The number of hydrogen-bond acceptors (Lipinski definition) is 3. The lowest BCUT2D eigenvalue weighted by molar-refractivity contribution is 0.0947. The van der Waals surface area contributed by atoms with Gasteiger partial charge in [-0.15, -0.1) is 0 Å². The summed E-state index contributed by atoms with van der Waals surface area (Å²) in [7, 11) is 0. The molecule has 4 rings (SSSR count). The van der Waals surface area contributed by atoms with E-state index in [9.17, 15) is 9.59 Å². The molecule has 0 spiro atoms. The van der Waals surface area contributed by atoms with Crippen LogP contribution in [0.5, 0.6) is 0 Å². The molecule has 5 heteroatoms. The molecular formula is C19H14N2O3.